The molecule has 1 aliphatic heterocycles. The van der Waals surface area contributed by atoms with Gasteiger partial charge in [0.2, 0.25) is 5.91 Å². The van der Waals surface area contributed by atoms with Gasteiger partial charge in [-0.1, -0.05) is 0 Å². The summed E-state index contributed by atoms with van der Waals surface area (Å²) < 4.78 is 0. The number of aliphatic hydroxyl groups excluding tert-OH is 1. The molecule has 1 saturated heterocycles. The summed E-state index contributed by atoms with van der Waals surface area (Å²) in [6.45, 7) is 0.718. The highest BCUT2D eigenvalue weighted by Crippen LogP contribution is 2.00. The Morgan fingerprint density at radius 2 is 2.50 bits per heavy atom. The molecular weight excluding hydrogens is 106 g/mol. The molecule has 0 saturated carbocycles. The fourth-order valence-electron chi connectivity index (χ4n) is 0.756. The van der Waals surface area contributed by atoms with Gasteiger partial charge in [-0.15, -0.1) is 0 Å². The normalized spacial score (nSPS) is 29.6. The molecule has 1 atom stereocenters. The highest BCUT2D eigenvalue weighted by Gasteiger charge is 2.17. The molecule has 46 valence electrons. The molecule has 0 aromatic carbocycles. The van der Waals surface area contributed by atoms with Crippen molar-refractivity contribution in [3.8, 4) is 0 Å². The third kappa shape index (κ3) is 0.980. The van der Waals surface area contributed by atoms with E-state index in [1.54, 1.807) is 0 Å². The van der Waals surface area contributed by atoms with Gasteiger partial charge in [-0.25, -0.2) is 0 Å². The molecule has 0 aliphatic carbocycles. The first kappa shape index (κ1) is 5.56. The van der Waals surface area contributed by atoms with Crippen LogP contribution in [0.2, 0.25) is 0 Å². The van der Waals surface area contributed by atoms with E-state index in [-0.39, 0.29) is 5.91 Å². The average molecular weight is 115 g/mol. The van der Waals surface area contributed by atoms with E-state index in [0.29, 0.717) is 6.42 Å². The maximum atomic E-state index is 10.4. The zero-order chi connectivity index (χ0) is 5.98. The van der Waals surface area contributed by atoms with Gasteiger partial charge in [0.15, 0.2) is 0 Å². The predicted octanol–water partition coefficient (Wildman–Crippen LogP) is -0.743. The number of nitrogens with one attached hydrogen (secondary N) is 1. The third-order valence-electron chi connectivity index (χ3n) is 1.26. The van der Waals surface area contributed by atoms with Crippen LogP contribution in [0.25, 0.3) is 0 Å². The third-order valence-corrected chi connectivity index (χ3v) is 1.26. The zero-order valence-electron chi connectivity index (χ0n) is 4.55. The van der Waals surface area contributed by atoms with Crippen LogP contribution in [0.5, 0.6) is 0 Å². The van der Waals surface area contributed by atoms with Gasteiger partial charge in [0, 0.05) is 6.54 Å². The molecular formula is C5H9NO2. The summed E-state index contributed by atoms with van der Waals surface area (Å²) >= 11 is 0. The van der Waals surface area contributed by atoms with E-state index in [4.69, 9.17) is 5.11 Å². The Morgan fingerprint density at radius 1 is 1.75 bits per heavy atom. The standard InChI is InChI=1S/C5H9NO2/c7-4-2-1-3-6-5(4)8/h4,7H,1-3H2,(H,6,8)/t4-/m1/s1. The smallest absolute Gasteiger partial charge is 0.248 e. The fourth-order valence-corrected chi connectivity index (χ4v) is 0.756. The van der Waals surface area contributed by atoms with Crippen molar-refractivity contribution in [1.82, 2.24) is 5.32 Å². The van der Waals surface area contributed by atoms with E-state index >= 15 is 0 Å². The molecule has 1 fully saturated rings. The Kier molecular flexibility index (Phi) is 1.48. The van der Waals surface area contributed by atoms with Crippen LogP contribution in [-0.4, -0.2) is 23.7 Å². The van der Waals surface area contributed by atoms with Crippen LogP contribution in [0.3, 0.4) is 0 Å². The van der Waals surface area contributed by atoms with Crippen molar-refractivity contribution >= 4 is 5.91 Å². The van der Waals surface area contributed by atoms with E-state index in [0.717, 1.165) is 13.0 Å². The van der Waals surface area contributed by atoms with E-state index in [9.17, 15) is 4.79 Å². The van der Waals surface area contributed by atoms with Crippen molar-refractivity contribution in [1.29, 1.82) is 0 Å². The minimum atomic E-state index is -0.747. The van der Waals surface area contributed by atoms with Crippen LogP contribution in [0.4, 0.5) is 0 Å². The molecule has 0 spiro atoms. The predicted molar refractivity (Wildman–Crippen MR) is 28.3 cm³/mol. The maximum absolute atomic E-state index is 10.4. The summed E-state index contributed by atoms with van der Waals surface area (Å²) in [6.07, 6.45) is 0.766. The molecule has 2 N–H and O–H groups in total. The molecule has 0 unspecified atom stereocenters. The lowest BCUT2D eigenvalue weighted by Gasteiger charge is -2.15. The Hall–Kier alpha value is -0.570. The number of amides is 1. The number of hydrogen-bond acceptors (Lipinski definition) is 2. The summed E-state index contributed by atoms with van der Waals surface area (Å²) in [5.41, 5.74) is 0. The van der Waals surface area contributed by atoms with Gasteiger partial charge < -0.3 is 10.4 Å². The van der Waals surface area contributed by atoms with Gasteiger partial charge in [0.05, 0.1) is 0 Å². The topological polar surface area (TPSA) is 49.3 Å². The number of rotatable bonds is 0. The molecule has 0 aromatic heterocycles. The van der Waals surface area contributed by atoms with Gasteiger partial charge in [-0.05, 0) is 12.8 Å². The van der Waals surface area contributed by atoms with Crippen molar-refractivity contribution in [2.75, 3.05) is 6.54 Å². The maximum Gasteiger partial charge on any atom is 0.248 e. The van der Waals surface area contributed by atoms with E-state index in [1.807, 2.05) is 0 Å². The minimum Gasteiger partial charge on any atom is -0.383 e. The van der Waals surface area contributed by atoms with Crippen LogP contribution < -0.4 is 5.32 Å². The van der Waals surface area contributed by atoms with Gasteiger partial charge in [0.25, 0.3) is 0 Å². The number of piperidine rings is 1. The van der Waals surface area contributed by atoms with Crippen LogP contribution in [0, 0.1) is 0 Å². The average Bonchev–Trinajstić information content (AvgIpc) is 1.77. The quantitative estimate of drug-likeness (QED) is 0.436. The van der Waals surface area contributed by atoms with Crippen LogP contribution in [0.15, 0.2) is 0 Å². The summed E-state index contributed by atoms with van der Waals surface area (Å²) in [6, 6.07) is 0. The molecule has 1 amide bonds. The van der Waals surface area contributed by atoms with Gasteiger partial charge in [-0.2, -0.15) is 0 Å². The van der Waals surface area contributed by atoms with Crippen LogP contribution in [0.1, 0.15) is 12.8 Å². The van der Waals surface area contributed by atoms with E-state index in [1.165, 1.54) is 0 Å². The summed E-state index contributed by atoms with van der Waals surface area (Å²) in [5, 5.41) is 11.3. The van der Waals surface area contributed by atoms with E-state index < -0.39 is 6.10 Å². The number of carbonyl (C=O) groups is 1. The van der Waals surface area contributed by atoms with Gasteiger partial charge >= 0.3 is 0 Å². The van der Waals surface area contributed by atoms with Gasteiger partial charge in [0.1, 0.15) is 6.10 Å². The number of aliphatic hydroxyl groups is 1. The van der Waals surface area contributed by atoms with Crippen molar-refractivity contribution in [3.63, 3.8) is 0 Å². The van der Waals surface area contributed by atoms with Crippen molar-refractivity contribution in [2.45, 2.75) is 18.9 Å². The molecule has 0 radical (unpaired) electrons. The molecule has 8 heavy (non-hydrogen) atoms. The second kappa shape index (κ2) is 2.13. The summed E-state index contributed by atoms with van der Waals surface area (Å²) in [7, 11) is 0. The Morgan fingerprint density at radius 3 is 2.88 bits per heavy atom. The van der Waals surface area contributed by atoms with Crippen LogP contribution in [-0.2, 0) is 4.79 Å². The monoisotopic (exact) mass is 115 g/mol. The first-order chi connectivity index (χ1) is 3.80. The molecule has 0 aromatic rings. The van der Waals surface area contributed by atoms with Crippen molar-refractivity contribution < 1.29 is 9.90 Å². The number of carbonyl (C=O) groups excluding carboxylic acids is 1. The van der Waals surface area contributed by atoms with Crippen molar-refractivity contribution in [3.05, 3.63) is 0 Å². The lowest BCUT2D eigenvalue weighted by Crippen LogP contribution is -2.39. The van der Waals surface area contributed by atoms with Gasteiger partial charge in [-0.3, -0.25) is 4.79 Å². The largest absolute Gasteiger partial charge is 0.383 e. The van der Waals surface area contributed by atoms with E-state index in [2.05, 4.69) is 5.32 Å². The zero-order valence-corrected chi connectivity index (χ0v) is 4.55. The first-order valence-electron chi connectivity index (χ1n) is 2.76. The minimum absolute atomic E-state index is 0.226. The summed E-state index contributed by atoms with van der Waals surface area (Å²) in [5.74, 6) is -0.226. The molecule has 1 rings (SSSR count). The molecule has 0 bridgehead atoms. The molecule has 3 heteroatoms. The SMILES string of the molecule is O=C1NCCC[C@H]1O. The van der Waals surface area contributed by atoms with Crippen LogP contribution >= 0.6 is 0 Å². The van der Waals surface area contributed by atoms with Crippen molar-refractivity contribution in [2.24, 2.45) is 0 Å². The Bertz CT molecular complexity index is 103. The molecule has 1 aliphatic rings. The lowest BCUT2D eigenvalue weighted by molar-refractivity contribution is -0.131. The lowest BCUT2D eigenvalue weighted by atomic mass is 10.1. The molecule has 1 heterocycles. The number of hydrogen-bond donors (Lipinski definition) is 2. The second-order valence-corrected chi connectivity index (χ2v) is 1.95. The molecule has 3 nitrogen and oxygen atoms in total. The Labute approximate surface area is 47.7 Å². The Balaban J connectivity index is 2.39. The first-order valence-corrected chi connectivity index (χ1v) is 2.76. The highest BCUT2D eigenvalue weighted by atomic mass is 16.3. The summed E-state index contributed by atoms with van der Waals surface area (Å²) in [4.78, 5) is 10.4. The second-order valence-electron chi connectivity index (χ2n) is 1.95. The fraction of sp³-hybridized carbons (Fsp3) is 0.800. The highest BCUT2D eigenvalue weighted by molar-refractivity contribution is 5.80.